The van der Waals surface area contributed by atoms with Crippen molar-refractivity contribution >= 4 is 21.8 Å². The van der Waals surface area contributed by atoms with Crippen molar-refractivity contribution in [2.24, 2.45) is 0 Å². The minimum absolute atomic E-state index is 0.00766. The summed E-state index contributed by atoms with van der Waals surface area (Å²) in [4.78, 5) is 14.1. The van der Waals surface area contributed by atoms with E-state index >= 15 is 0 Å². The van der Waals surface area contributed by atoms with Crippen LogP contribution in [0.3, 0.4) is 0 Å². The van der Waals surface area contributed by atoms with Gasteiger partial charge in [-0.1, -0.05) is 22.0 Å². The second-order valence-corrected chi connectivity index (χ2v) is 5.24. The lowest BCUT2D eigenvalue weighted by atomic mass is 10.1. The summed E-state index contributed by atoms with van der Waals surface area (Å²) in [6, 6.07) is 4.41. The van der Waals surface area contributed by atoms with E-state index in [1.54, 1.807) is 11.0 Å². The Bertz CT molecular complexity index is 437. The standard InChI is InChI=1S/C14H19BrFNO2/c1-10(2)17(9-5-8-15)14(18)13-11(16)6-4-7-12(13)19-3/h4,6-7,10H,5,8-9H2,1-3H3. The van der Waals surface area contributed by atoms with E-state index in [1.165, 1.54) is 19.2 Å². The van der Waals surface area contributed by atoms with Crippen molar-refractivity contribution in [3.8, 4) is 5.75 Å². The minimum Gasteiger partial charge on any atom is -0.496 e. The maximum atomic E-state index is 13.9. The molecule has 0 bridgehead atoms. The fourth-order valence-corrected chi connectivity index (χ4v) is 2.10. The Morgan fingerprint density at radius 2 is 2.16 bits per heavy atom. The molecule has 1 amide bonds. The monoisotopic (exact) mass is 331 g/mol. The summed E-state index contributed by atoms with van der Waals surface area (Å²) in [5, 5.41) is 0.803. The van der Waals surface area contributed by atoms with Crippen LogP contribution >= 0.6 is 15.9 Å². The van der Waals surface area contributed by atoms with E-state index < -0.39 is 5.82 Å². The van der Waals surface area contributed by atoms with Gasteiger partial charge in [0.25, 0.3) is 5.91 Å². The lowest BCUT2D eigenvalue weighted by molar-refractivity contribution is 0.0698. The highest BCUT2D eigenvalue weighted by Gasteiger charge is 2.24. The van der Waals surface area contributed by atoms with Crippen molar-refractivity contribution in [1.82, 2.24) is 4.90 Å². The van der Waals surface area contributed by atoms with Crippen molar-refractivity contribution < 1.29 is 13.9 Å². The third kappa shape index (κ3) is 3.93. The Morgan fingerprint density at radius 1 is 1.47 bits per heavy atom. The van der Waals surface area contributed by atoms with Gasteiger partial charge in [0.1, 0.15) is 17.1 Å². The maximum Gasteiger partial charge on any atom is 0.260 e. The number of benzene rings is 1. The number of rotatable bonds is 6. The maximum absolute atomic E-state index is 13.9. The van der Waals surface area contributed by atoms with Crippen molar-refractivity contribution in [3.05, 3.63) is 29.6 Å². The molecule has 0 heterocycles. The molecule has 5 heteroatoms. The molecular formula is C14H19BrFNO2. The molecule has 1 aromatic rings. The molecule has 0 aliphatic heterocycles. The highest BCUT2D eigenvalue weighted by atomic mass is 79.9. The summed E-state index contributed by atoms with van der Waals surface area (Å²) >= 11 is 3.34. The highest BCUT2D eigenvalue weighted by Crippen LogP contribution is 2.23. The molecular weight excluding hydrogens is 313 g/mol. The molecule has 19 heavy (non-hydrogen) atoms. The largest absolute Gasteiger partial charge is 0.496 e. The van der Waals surface area contributed by atoms with E-state index in [0.29, 0.717) is 6.54 Å². The molecule has 0 aliphatic carbocycles. The second kappa shape index (κ2) is 7.48. The molecule has 0 aromatic heterocycles. The van der Waals surface area contributed by atoms with Gasteiger partial charge in [0, 0.05) is 17.9 Å². The molecule has 0 atom stereocenters. The smallest absolute Gasteiger partial charge is 0.260 e. The Balaban J connectivity index is 3.09. The third-order valence-electron chi connectivity index (χ3n) is 2.83. The van der Waals surface area contributed by atoms with Gasteiger partial charge in [-0.05, 0) is 32.4 Å². The summed E-state index contributed by atoms with van der Waals surface area (Å²) in [5.41, 5.74) is 0.00766. The first kappa shape index (κ1) is 16.0. The Labute approximate surface area is 121 Å². The van der Waals surface area contributed by atoms with E-state index in [0.717, 1.165) is 11.8 Å². The lowest BCUT2D eigenvalue weighted by Crippen LogP contribution is -2.38. The third-order valence-corrected chi connectivity index (χ3v) is 3.39. The average Bonchev–Trinajstić information content (AvgIpc) is 2.38. The number of ether oxygens (including phenoxy) is 1. The average molecular weight is 332 g/mol. The Kier molecular flexibility index (Phi) is 6.28. The zero-order valence-electron chi connectivity index (χ0n) is 11.5. The second-order valence-electron chi connectivity index (χ2n) is 4.45. The van der Waals surface area contributed by atoms with Crippen LogP contribution < -0.4 is 4.74 Å². The Hall–Kier alpha value is -1.10. The van der Waals surface area contributed by atoms with Crippen molar-refractivity contribution in [2.45, 2.75) is 26.3 Å². The van der Waals surface area contributed by atoms with Crippen LogP contribution in [0.5, 0.6) is 5.75 Å². The predicted octanol–water partition coefficient (Wildman–Crippen LogP) is 3.47. The van der Waals surface area contributed by atoms with Crippen LogP contribution in [0, 0.1) is 5.82 Å². The van der Waals surface area contributed by atoms with Crippen LogP contribution in [0.2, 0.25) is 0 Å². The molecule has 0 saturated carbocycles. The van der Waals surface area contributed by atoms with Gasteiger partial charge in [-0.2, -0.15) is 0 Å². The zero-order valence-corrected chi connectivity index (χ0v) is 13.0. The van der Waals surface area contributed by atoms with E-state index in [4.69, 9.17) is 4.74 Å². The van der Waals surface area contributed by atoms with E-state index in [2.05, 4.69) is 15.9 Å². The molecule has 0 radical (unpaired) electrons. The van der Waals surface area contributed by atoms with Gasteiger partial charge in [0.15, 0.2) is 0 Å². The number of carbonyl (C=O) groups is 1. The summed E-state index contributed by atoms with van der Waals surface area (Å²) in [6.45, 7) is 4.41. The molecule has 0 unspecified atom stereocenters. The van der Waals surface area contributed by atoms with Gasteiger partial charge in [-0.25, -0.2) is 4.39 Å². The minimum atomic E-state index is -0.547. The van der Waals surface area contributed by atoms with Gasteiger partial charge in [-0.3, -0.25) is 4.79 Å². The molecule has 0 fully saturated rings. The molecule has 0 aliphatic rings. The van der Waals surface area contributed by atoms with Gasteiger partial charge in [0.05, 0.1) is 7.11 Å². The van der Waals surface area contributed by atoms with Gasteiger partial charge in [-0.15, -0.1) is 0 Å². The van der Waals surface area contributed by atoms with Crippen molar-refractivity contribution in [2.75, 3.05) is 19.0 Å². The molecule has 0 spiro atoms. The van der Waals surface area contributed by atoms with Crippen LogP contribution in [0.4, 0.5) is 4.39 Å². The Morgan fingerprint density at radius 3 is 2.68 bits per heavy atom. The fourth-order valence-electron chi connectivity index (χ4n) is 1.85. The lowest BCUT2D eigenvalue weighted by Gasteiger charge is -2.27. The number of hydrogen-bond donors (Lipinski definition) is 0. The number of carbonyl (C=O) groups excluding carboxylic acids is 1. The van der Waals surface area contributed by atoms with Crippen LogP contribution in [-0.2, 0) is 0 Å². The fraction of sp³-hybridized carbons (Fsp3) is 0.500. The van der Waals surface area contributed by atoms with Gasteiger partial charge in [0.2, 0.25) is 0 Å². The topological polar surface area (TPSA) is 29.5 Å². The summed E-state index contributed by atoms with van der Waals surface area (Å²) in [7, 11) is 1.43. The number of nitrogens with zero attached hydrogens (tertiary/aromatic N) is 1. The molecule has 0 N–H and O–H groups in total. The number of hydrogen-bond acceptors (Lipinski definition) is 2. The molecule has 3 nitrogen and oxygen atoms in total. The zero-order chi connectivity index (χ0) is 14.4. The van der Waals surface area contributed by atoms with Crippen LogP contribution in [0.15, 0.2) is 18.2 Å². The number of methoxy groups -OCH3 is 1. The molecule has 1 rings (SSSR count). The van der Waals surface area contributed by atoms with E-state index in [1.807, 2.05) is 13.8 Å². The van der Waals surface area contributed by atoms with E-state index in [9.17, 15) is 9.18 Å². The van der Waals surface area contributed by atoms with Crippen LogP contribution in [-0.4, -0.2) is 35.8 Å². The van der Waals surface area contributed by atoms with Crippen LogP contribution in [0.25, 0.3) is 0 Å². The van der Waals surface area contributed by atoms with Crippen molar-refractivity contribution in [1.29, 1.82) is 0 Å². The number of halogens is 2. The number of amides is 1. The van der Waals surface area contributed by atoms with Gasteiger partial charge < -0.3 is 9.64 Å². The first-order chi connectivity index (χ1) is 9.02. The number of alkyl halides is 1. The normalized spacial score (nSPS) is 10.6. The predicted molar refractivity (Wildman–Crippen MR) is 77.5 cm³/mol. The molecule has 0 saturated heterocycles. The first-order valence-electron chi connectivity index (χ1n) is 6.22. The van der Waals surface area contributed by atoms with Crippen molar-refractivity contribution in [3.63, 3.8) is 0 Å². The highest BCUT2D eigenvalue weighted by molar-refractivity contribution is 9.09. The summed E-state index contributed by atoms with van der Waals surface area (Å²) in [6.07, 6.45) is 0.820. The molecule has 1 aromatic carbocycles. The van der Waals surface area contributed by atoms with Crippen LogP contribution in [0.1, 0.15) is 30.6 Å². The van der Waals surface area contributed by atoms with E-state index in [-0.39, 0.29) is 23.3 Å². The summed E-state index contributed by atoms with van der Waals surface area (Å²) < 4.78 is 19.0. The quantitative estimate of drug-likeness (QED) is 0.747. The molecule has 106 valence electrons. The SMILES string of the molecule is COc1cccc(F)c1C(=O)N(CCCBr)C(C)C. The first-order valence-corrected chi connectivity index (χ1v) is 7.34. The van der Waals surface area contributed by atoms with Gasteiger partial charge >= 0.3 is 0 Å². The summed E-state index contributed by atoms with van der Waals surface area (Å²) in [5.74, 6) is -0.603.